The second-order valence-corrected chi connectivity index (χ2v) is 8.16. The fourth-order valence-electron chi connectivity index (χ4n) is 4.66. The second-order valence-electron chi connectivity index (χ2n) is 8.16. The summed E-state index contributed by atoms with van der Waals surface area (Å²) >= 11 is 0. The molecule has 1 fully saturated rings. The molecular formula is C21H24FN5O3. The van der Waals surface area contributed by atoms with E-state index in [-0.39, 0.29) is 16.9 Å². The van der Waals surface area contributed by atoms with Crippen molar-refractivity contribution in [2.75, 3.05) is 19.3 Å². The highest BCUT2D eigenvalue weighted by molar-refractivity contribution is 5.86. The summed E-state index contributed by atoms with van der Waals surface area (Å²) < 4.78 is 22.2. The Kier molecular flexibility index (Phi) is 4.61. The lowest BCUT2D eigenvalue weighted by molar-refractivity contribution is -0.0167. The number of anilines is 1. The molecule has 0 saturated heterocycles. The van der Waals surface area contributed by atoms with Crippen LogP contribution in [0.4, 0.5) is 10.2 Å². The predicted octanol–water partition coefficient (Wildman–Crippen LogP) is 1.25. The zero-order valence-corrected chi connectivity index (χ0v) is 16.6. The maximum atomic E-state index is 14.4. The van der Waals surface area contributed by atoms with Crippen LogP contribution >= 0.6 is 0 Å². The van der Waals surface area contributed by atoms with Crippen molar-refractivity contribution in [3.05, 3.63) is 47.7 Å². The SMILES string of the molecule is CN1CCc2c(cccc2OC2C[C@@H](n3cc(F)c4c(N)ncnc43)[C@H](O)[C@@H]2O)C1. The molecule has 1 aliphatic heterocycles. The molecule has 3 heterocycles. The van der Waals surface area contributed by atoms with Crippen molar-refractivity contribution in [1.29, 1.82) is 0 Å². The molecule has 1 aliphatic carbocycles. The van der Waals surface area contributed by atoms with E-state index < -0.39 is 30.2 Å². The first-order valence-corrected chi connectivity index (χ1v) is 10.0. The number of rotatable bonds is 3. The number of halogens is 1. The van der Waals surface area contributed by atoms with E-state index >= 15 is 0 Å². The van der Waals surface area contributed by atoms with Gasteiger partial charge >= 0.3 is 0 Å². The monoisotopic (exact) mass is 413 g/mol. The minimum absolute atomic E-state index is 0.0398. The highest BCUT2D eigenvalue weighted by Gasteiger charge is 2.45. The first-order chi connectivity index (χ1) is 14.4. The van der Waals surface area contributed by atoms with Gasteiger partial charge in [-0.15, -0.1) is 0 Å². The van der Waals surface area contributed by atoms with Gasteiger partial charge in [-0.2, -0.15) is 0 Å². The van der Waals surface area contributed by atoms with Crippen LogP contribution in [0, 0.1) is 5.82 Å². The third-order valence-corrected chi connectivity index (χ3v) is 6.24. The summed E-state index contributed by atoms with van der Waals surface area (Å²) in [7, 11) is 2.08. The summed E-state index contributed by atoms with van der Waals surface area (Å²) in [5, 5.41) is 21.5. The number of aliphatic hydroxyl groups is 2. The number of fused-ring (bicyclic) bond motifs is 2. The zero-order chi connectivity index (χ0) is 21.0. The fourth-order valence-corrected chi connectivity index (χ4v) is 4.66. The number of nitrogens with zero attached hydrogens (tertiary/aromatic N) is 4. The molecule has 1 aromatic carbocycles. The molecular weight excluding hydrogens is 389 g/mol. The number of aromatic nitrogens is 3. The topological polar surface area (TPSA) is 110 Å². The highest BCUT2D eigenvalue weighted by atomic mass is 19.1. The molecule has 2 aliphatic rings. The van der Waals surface area contributed by atoms with Gasteiger partial charge in [0.1, 0.15) is 41.9 Å². The number of likely N-dealkylation sites (N-methyl/N-ethyl adjacent to an activating group) is 1. The van der Waals surface area contributed by atoms with Crippen LogP contribution in [0.25, 0.3) is 11.0 Å². The summed E-state index contributed by atoms with van der Waals surface area (Å²) in [6, 6.07) is 5.32. The number of benzene rings is 1. The molecule has 0 amide bonds. The molecule has 30 heavy (non-hydrogen) atoms. The van der Waals surface area contributed by atoms with Crippen LogP contribution in [-0.4, -0.2) is 61.6 Å². The van der Waals surface area contributed by atoms with Gasteiger partial charge < -0.3 is 30.2 Å². The average molecular weight is 413 g/mol. The zero-order valence-electron chi connectivity index (χ0n) is 16.6. The number of aliphatic hydroxyl groups excluding tert-OH is 2. The Balaban J connectivity index is 1.44. The number of hydrogen-bond donors (Lipinski definition) is 3. The molecule has 158 valence electrons. The molecule has 9 heteroatoms. The number of nitrogen functional groups attached to an aromatic ring is 1. The Hall–Kier alpha value is -2.75. The average Bonchev–Trinajstić information content (AvgIpc) is 3.20. The van der Waals surface area contributed by atoms with Gasteiger partial charge in [0.25, 0.3) is 0 Å². The molecule has 4 N–H and O–H groups in total. The fraction of sp³-hybridized carbons (Fsp3) is 0.429. The minimum atomic E-state index is -1.13. The number of nitrogens with two attached hydrogens (primary N) is 1. The summed E-state index contributed by atoms with van der Waals surface area (Å²) in [5.41, 5.74) is 8.42. The molecule has 3 aromatic rings. The Bertz CT molecular complexity index is 1100. The van der Waals surface area contributed by atoms with Gasteiger partial charge in [0.15, 0.2) is 5.82 Å². The lowest BCUT2D eigenvalue weighted by Crippen LogP contribution is -2.34. The molecule has 1 unspecified atom stereocenters. The maximum absolute atomic E-state index is 14.4. The highest BCUT2D eigenvalue weighted by Crippen LogP contribution is 2.38. The van der Waals surface area contributed by atoms with Gasteiger partial charge in [0.05, 0.1) is 11.4 Å². The normalized spacial score (nSPS) is 26.8. The van der Waals surface area contributed by atoms with E-state index in [0.717, 1.165) is 30.8 Å². The lowest BCUT2D eigenvalue weighted by atomic mass is 9.99. The summed E-state index contributed by atoms with van der Waals surface area (Å²) in [6.45, 7) is 1.78. The summed E-state index contributed by atoms with van der Waals surface area (Å²) in [6.07, 6.45) is 0.796. The third-order valence-electron chi connectivity index (χ3n) is 6.24. The molecule has 0 radical (unpaired) electrons. The number of hydrogen-bond acceptors (Lipinski definition) is 7. The van der Waals surface area contributed by atoms with E-state index in [9.17, 15) is 14.6 Å². The second kappa shape index (κ2) is 7.19. The maximum Gasteiger partial charge on any atom is 0.154 e. The smallest absolute Gasteiger partial charge is 0.154 e. The Morgan fingerprint density at radius 1 is 1.23 bits per heavy atom. The summed E-state index contributed by atoms with van der Waals surface area (Å²) in [4.78, 5) is 10.2. The quantitative estimate of drug-likeness (QED) is 0.593. The predicted molar refractivity (Wildman–Crippen MR) is 108 cm³/mol. The lowest BCUT2D eigenvalue weighted by Gasteiger charge is -2.28. The van der Waals surface area contributed by atoms with E-state index in [1.807, 2.05) is 12.1 Å². The third kappa shape index (κ3) is 3.01. The van der Waals surface area contributed by atoms with Crippen LogP contribution in [0.1, 0.15) is 23.6 Å². The van der Waals surface area contributed by atoms with Gasteiger partial charge in [0, 0.05) is 25.7 Å². The Labute approximate surface area is 172 Å². The van der Waals surface area contributed by atoms with Crippen LogP contribution in [0.3, 0.4) is 0 Å². The van der Waals surface area contributed by atoms with Crippen molar-refractivity contribution < 1.29 is 19.3 Å². The molecule has 0 spiro atoms. The minimum Gasteiger partial charge on any atom is -0.487 e. The van der Waals surface area contributed by atoms with E-state index in [1.165, 1.54) is 22.7 Å². The molecule has 8 nitrogen and oxygen atoms in total. The van der Waals surface area contributed by atoms with Gasteiger partial charge in [-0.3, -0.25) is 0 Å². The Morgan fingerprint density at radius 3 is 2.90 bits per heavy atom. The van der Waals surface area contributed by atoms with Crippen molar-refractivity contribution >= 4 is 16.9 Å². The Morgan fingerprint density at radius 2 is 2.07 bits per heavy atom. The van der Waals surface area contributed by atoms with Gasteiger partial charge in [-0.1, -0.05) is 12.1 Å². The van der Waals surface area contributed by atoms with Crippen molar-refractivity contribution in [1.82, 2.24) is 19.4 Å². The van der Waals surface area contributed by atoms with Crippen LogP contribution in [-0.2, 0) is 13.0 Å². The summed E-state index contributed by atoms with van der Waals surface area (Å²) in [5.74, 6) is 0.209. The van der Waals surface area contributed by atoms with Crippen LogP contribution < -0.4 is 10.5 Å². The van der Waals surface area contributed by atoms with Gasteiger partial charge in [0.2, 0.25) is 0 Å². The first kappa shape index (κ1) is 19.2. The van der Waals surface area contributed by atoms with Gasteiger partial charge in [-0.05, 0) is 30.7 Å². The standard InChI is InChI=1S/C21H24FN5O3/c1-26-6-5-12-11(8-26)3-2-4-15(12)30-16-7-14(18(28)19(16)29)27-9-13(22)17-20(23)24-10-25-21(17)27/h2-4,9-10,14,16,18-19,28-29H,5-8H2,1H3,(H2,23,24,25)/t14-,16?,18+,19-/m1/s1. The molecule has 5 rings (SSSR count). The van der Waals surface area contributed by atoms with E-state index in [0.29, 0.717) is 6.42 Å². The molecule has 1 saturated carbocycles. The first-order valence-electron chi connectivity index (χ1n) is 10.0. The van der Waals surface area contributed by atoms with Crippen LogP contribution in [0.15, 0.2) is 30.7 Å². The van der Waals surface area contributed by atoms with Crippen molar-refractivity contribution in [2.45, 2.75) is 43.7 Å². The van der Waals surface area contributed by atoms with Crippen LogP contribution in [0.2, 0.25) is 0 Å². The number of ether oxygens (including phenoxy) is 1. The van der Waals surface area contributed by atoms with Crippen LogP contribution in [0.5, 0.6) is 5.75 Å². The molecule has 2 aromatic heterocycles. The van der Waals surface area contributed by atoms with Crippen molar-refractivity contribution in [3.63, 3.8) is 0 Å². The van der Waals surface area contributed by atoms with E-state index in [4.69, 9.17) is 10.5 Å². The molecule has 4 atom stereocenters. The largest absolute Gasteiger partial charge is 0.487 e. The van der Waals surface area contributed by atoms with Crippen molar-refractivity contribution in [2.24, 2.45) is 0 Å². The molecule has 0 bridgehead atoms. The van der Waals surface area contributed by atoms with Gasteiger partial charge in [-0.25, -0.2) is 14.4 Å². The van der Waals surface area contributed by atoms with E-state index in [2.05, 4.69) is 28.0 Å². The van der Waals surface area contributed by atoms with E-state index in [1.54, 1.807) is 0 Å². The van der Waals surface area contributed by atoms with Crippen molar-refractivity contribution in [3.8, 4) is 5.75 Å².